The monoisotopic (exact) mass is 264 g/mol. The number of ether oxygens (including phenoxy) is 2. The lowest BCUT2D eigenvalue weighted by Crippen LogP contribution is -2.12. The van der Waals surface area contributed by atoms with Gasteiger partial charge in [0.1, 0.15) is 5.75 Å². The molecule has 2 nitrogen and oxygen atoms in total. The fourth-order valence-corrected chi connectivity index (χ4v) is 1.92. The van der Waals surface area contributed by atoms with Gasteiger partial charge in [-0.2, -0.15) is 0 Å². The molecule has 0 N–H and O–H groups in total. The predicted octanol–water partition coefficient (Wildman–Crippen LogP) is 3.08. The minimum Gasteiger partial charge on any atom is -0.492 e. The largest absolute Gasteiger partial charge is 0.492 e. The first-order valence-corrected chi connectivity index (χ1v) is 6.78. The van der Waals surface area contributed by atoms with Crippen molar-refractivity contribution in [2.45, 2.75) is 12.8 Å². The second-order valence-corrected chi connectivity index (χ2v) is 4.66. The number of hydrogen-bond acceptors (Lipinski definition) is 2. The molecule has 1 aromatic carbocycles. The smallest absolute Gasteiger partial charge is 0.134 e. The van der Waals surface area contributed by atoms with Gasteiger partial charge in [0.05, 0.1) is 18.8 Å². The number of hydrogen-bond donors (Lipinski definition) is 0. The van der Waals surface area contributed by atoms with Crippen molar-refractivity contribution in [3.8, 4) is 17.6 Å². The Morgan fingerprint density at radius 2 is 2.28 bits per heavy atom. The first-order chi connectivity index (χ1) is 8.90. The van der Waals surface area contributed by atoms with Gasteiger partial charge in [-0.25, -0.2) is 0 Å². The summed E-state index contributed by atoms with van der Waals surface area (Å²) in [7, 11) is 0. The number of alkyl halides is 1. The molecule has 1 fully saturated rings. The Bertz CT molecular complexity index is 428. The molecule has 1 aliphatic rings. The van der Waals surface area contributed by atoms with Crippen LogP contribution in [0.5, 0.6) is 5.75 Å². The average Bonchev–Trinajstić information content (AvgIpc) is 2.91. The van der Waals surface area contributed by atoms with Crippen LogP contribution in [-0.4, -0.2) is 25.7 Å². The van der Waals surface area contributed by atoms with Gasteiger partial charge in [0.2, 0.25) is 0 Å². The number of benzene rings is 1. The molecule has 0 spiro atoms. The van der Waals surface area contributed by atoms with Crippen LogP contribution in [-0.2, 0) is 4.74 Å². The van der Waals surface area contributed by atoms with Crippen molar-refractivity contribution in [2.24, 2.45) is 5.92 Å². The van der Waals surface area contributed by atoms with Crippen molar-refractivity contribution in [2.75, 3.05) is 25.7 Å². The Balaban J connectivity index is 1.96. The second-order valence-electron chi connectivity index (χ2n) is 4.28. The van der Waals surface area contributed by atoms with E-state index in [-0.39, 0.29) is 0 Å². The highest BCUT2D eigenvalue weighted by Gasteiger charge is 2.16. The van der Waals surface area contributed by atoms with Crippen molar-refractivity contribution < 1.29 is 9.47 Å². The average molecular weight is 265 g/mol. The summed E-state index contributed by atoms with van der Waals surface area (Å²) in [5, 5.41) is 0. The summed E-state index contributed by atoms with van der Waals surface area (Å²) in [6, 6.07) is 7.87. The molecule has 2 rings (SSSR count). The minimum absolute atomic E-state index is 0.508. The van der Waals surface area contributed by atoms with Gasteiger partial charge in [0.15, 0.2) is 0 Å². The second kappa shape index (κ2) is 7.31. The number of halogens is 1. The van der Waals surface area contributed by atoms with Crippen LogP contribution >= 0.6 is 11.6 Å². The molecule has 1 saturated heterocycles. The van der Waals surface area contributed by atoms with E-state index < -0.39 is 0 Å². The molecule has 1 aromatic rings. The van der Waals surface area contributed by atoms with E-state index in [1.54, 1.807) is 0 Å². The summed E-state index contributed by atoms with van der Waals surface area (Å²) in [4.78, 5) is 0. The maximum absolute atomic E-state index is 5.84. The highest BCUT2D eigenvalue weighted by molar-refractivity contribution is 6.18. The van der Waals surface area contributed by atoms with E-state index in [4.69, 9.17) is 21.1 Å². The fraction of sp³-hybridized carbons (Fsp3) is 0.467. The molecule has 1 heterocycles. The first kappa shape index (κ1) is 13.3. The molecule has 0 aromatic heterocycles. The fourth-order valence-electron chi connectivity index (χ4n) is 1.82. The van der Waals surface area contributed by atoms with Gasteiger partial charge in [0.25, 0.3) is 0 Å². The van der Waals surface area contributed by atoms with E-state index in [1.807, 2.05) is 24.3 Å². The predicted molar refractivity (Wildman–Crippen MR) is 73.1 cm³/mol. The summed E-state index contributed by atoms with van der Waals surface area (Å²) in [6.07, 6.45) is 1.78. The Kier molecular flexibility index (Phi) is 5.38. The molecule has 3 heteroatoms. The molecule has 96 valence electrons. The third kappa shape index (κ3) is 3.94. The molecule has 0 saturated carbocycles. The van der Waals surface area contributed by atoms with Gasteiger partial charge >= 0.3 is 0 Å². The van der Waals surface area contributed by atoms with Crippen molar-refractivity contribution in [3.63, 3.8) is 0 Å². The molecule has 0 bridgehead atoms. The van der Waals surface area contributed by atoms with Crippen molar-refractivity contribution in [1.82, 2.24) is 0 Å². The summed E-state index contributed by atoms with van der Waals surface area (Å²) < 4.78 is 11.2. The van der Waals surface area contributed by atoms with Crippen LogP contribution < -0.4 is 4.74 Å². The Morgan fingerprint density at radius 3 is 3.06 bits per heavy atom. The van der Waals surface area contributed by atoms with Crippen molar-refractivity contribution >= 4 is 11.6 Å². The Labute approximate surface area is 113 Å². The zero-order valence-corrected chi connectivity index (χ0v) is 11.1. The van der Waals surface area contributed by atoms with Crippen LogP contribution in [0.1, 0.15) is 18.4 Å². The quantitative estimate of drug-likeness (QED) is 0.615. The highest BCUT2D eigenvalue weighted by atomic mass is 35.5. The topological polar surface area (TPSA) is 18.5 Å². The highest BCUT2D eigenvalue weighted by Crippen LogP contribution is 2.20. The van der Waals surface area contributed by atoms with E-state index in [0.29, 0.717) is 24.8 Å². The molecule has 1 atom stereocenters. The molecule has 0 amide bonds. The first-order valence-electron chi connectivity index (χ1n) is 6.24. The molecular weight excluding hydrogens is 248 g/mol. The minimum atomic E-state index is 0.508. The van der Waals surface area contributed by atoms with Crippen LogP contribution in [0.4, 0.5) is 0 Å². The third-order valence-corrected chi connectivity index (χ3v) is 3.02. The Hall–Kier alpha value is -1.17. The zero-order chi connectivity index (χ0) is 12.6. The van der Waals surface area contributed by atoms with Crippen LogP contribution in [0.15, 0.2) is 24.3 Å². The lowest BCUT2D eigenvalue weighted by molar-refractivity contribution is 0.167. The maximum Gasteiger partial charge on any atom is 0.134 e. The van der Waals surface area contributed by atoms with Crippen molar-refractivity contribution in [3.05, 3.63) is 29.8 Å². The van der Waals surface area contributed by atoms with Crippen LogP contribution in [0.3, 0.4) is 0 Å². The van der Waals surface area contributed by atoms with Crippen molar-refractivity contribution in [1.29, 1.82) is 0 Å². The summed E-state index contributed by atoms with van der Waals surface area (Å²) in [6.45, 7) is 2.36. The number of para-hydroxylation sites is 1. The molecule has 0 aliphatic carbocycles. The molecule has 1 unspecified atom stereocenters. The maximum atomic E-state index is 5.84. The van der Waals surface area contributed by atoms with Gasteiger partial charge in [-0.05, 0) is 18.6 Å². The summed E-state index contributed by atoms with van der Waals surface area (Å²) >= 11 is 5.61. The standard InChI is InChI=1S/C15H17ClO2/c16-9-4-3-6-14-5-1-2-7-15(14)18-12-13-8-10-17-11-13/h1-2,5,7,13H,4,8-12H2. The normalized spacial score (nSPS) is 18.2. The third-order valence-electron chi connectivity index (χ3n) is 2.83. The number of rotatable bonds is 4. The van der Waals surface area contributed by atoms with Crippen LogP contribution in [0, 0.1) is 17.8 Å². The van der Waals surface area contributed by atoms with E-state index in [9.17, 15) is 0 Å². The van der Waals surface area contributed by atoms with Gasteiger partial charge in [-0.1, -0.05) is 24.0 Å². The molecule has 0 radical (unpaired) electrons. The van der Waals surface area contributed by atoms with Crippen LogP contribution in [0.2, 0.25) is 0 Å². The Morgan fingerprint density at radius 1 is 1.39 bits per heavy atom. The van der Waals surface area contributed by atoms with Gasteiger partial charge in [-0.15, -0.1) is 11.6 Å². The molecule has 1 aliphatic heterocycles. The van der Waals surface area contributed by atoms with E-state index in [0.717, 1.165) is 30.9 Å². The van der Waals surface area contributed by atoms with Crippen LogP contribution in [0.25, 0.3) is 0 Å². The van der Waals surface area contributed by atoms with E-state index >= 15 is 0 Å². The van der Waals surface area contributed by atoms with E-state index in [1.165, 1.54) is 0 Å². The van der Waals surface area contributed by atoms with Gasteiger partial charge in [0, 0.05) is 24.8 Å². The van der Waals surface area contributed by atoms with E-state index in [2.05, 4.69) is 11.8 Å². The molecule has 18 heavy (non-hydrogen) atoms. The lowest BCUT2D eigenvalue weighted by Gasteiger charge is -2.11. The zero-order valence-electron chi connectivity index (χ0n) is 10.3. The molecular formula is C15H17ClO2. The lowest BCUT2D eigenvalue weighted by atomic mass is 10.1. The SMILES string of the molecule is ClCCC#Cc1ccccc1OCC1CCOC1. The van der Waals surface area contributed by atoms with Gasteiger partial charge < -0.3 is 9.47 Å². The van der Waals surface area contributed by atoms with Gasteiger partial charge in [-0.3, -0.25) is 0 Å². The summed E-state index contributed by atoms with van der Waals surface area (Å²) in [5.41, 5.74) is 0.932. The summed E-state index contributed by atoms with van der Waals surface area (Å²) in [5.74, 6) is 8.06.